The van der Waals surface area contributed by atoms with Gasteiger partial charge in [-0.1, -0.05) is 12.1 Å². The fourth-order valence-corrected chi connectivity index (χ4v) is 2.75. The van der Waals surface area contributed by atoms with Crippen molar-refractivity contribution in [2.75, 3.05) is 32.1 Å². The molecule has 0 saturated carbocycles. The molecule has 0 N–H and O–H groups in total. The van der Waals surface area contributed by atoms with Gasteiger partial charge in [-0.3, -0.25) is 9.10 Å². The number of carbonyl (C=O) groups is 1. The Morgan fingerprint density at radius 1 is 1.30 bits per heavy atom. The standard InChI is InChI=1S/C13H20N2O4S/c1-11-6-5-7-12(10-11)15(3)20(17,18)14(2)9-8-13(16)19-4/h5-7,10H,8-9H2,1-4H3. The number of hydrogen-bond acceptors (Lipinski definition) is 4. The van der Waals surface area contributed by atoms with Crippen molar-refractivity contribution in [2.45, 2.75) is 13.3 Å². The average molecular weight is 300 g/mol. The molecule has 0 aromatic heterocycles. The normalized spacial score (nSPS) is 11.4. The molecule has 7 heteroatoms. The predicted molar refractivity (Wildman–Crippen MR) is 77.8 cm³/mol. The Hall–Kier alpha value is -1.60. The van der Waals surface area contributed by atoms with Gasteiger partial charge in [-0.25, -0.2) is 0 Å². The van der Waals surface area contributed by atoms with Crippen LogP contribution in [0.25, 0.3) is 0 Å². The van der Waals surface area contributed by atoms with Gasteiger partial charge in [0.2, 0.25) is 0 Å². The van der Waals surface area contributed by atoms with Crippen LogP contribution in [0.2, 0.25) is 0 Å². The Balaban J connectivity index is 2.84. The molecule has 1 rings (SSSR count). The molecule has 0 aliphatic carbocycles. The lowest BCUT2D eigenvalue weighted by molar-refractivity contribution is -0.140. The van der Waals surface area contributed by atoms with E-state index < -0.39 is 16.2 Å². The van der Waals surface area contributed by atoms with Crippen LogP contribution in [-0.2, 0) is 19.7 Å². The lowest BCUT2D eigenvalue weighted by Crippen LogP contribution is -2.40. The molecule has 0 heterocycles. The minimum Gasteiger partial charge on any atom is -0.469 e. The van der Waals surface area contributed by atoms with Crippen molar-refractivity contribution >= 4 is 21.9 Å². The highest BCUT2D eigenvalue weighted by Gasteiger charge is 2.24. The van der Waals surface area contributed by atoms with Crippen LogP contribution in [0.1, 0.15) is 12.0 Å². The maximum absolute atomic E-state index is 12.3. The number of benzene rings is 1. The van der Waals surface area contributed by atoms with E-state index in [1.165, 1.54) is 25.5 Å². The summed E-state index contributed by atoms with van der Waals surface area (Å²) in [6, 6.07) is 7.19. The third-order valence-corrected chi connectivity index (χ3v) is 4.84. The van der Waals surface area contributed by atoms with Crippen LogP contribution in [0.15, 0.2) is 24.3 Å². The molecule has 0 spiro atoms. The summed E-state index contributed by atoms with van der Waals surface area (Å²) in [5, 5.41) is 0. The molecule has 0 atom stereocenters. The van der Waals surface area contributed by atoms with Crippen molar-refractivity contribution in [3.05, 3.63) is 29.8 Å². The topological polar surface area (TPSA) is 66.9 Å². The van der Waals surface area contributed by atoms with Gasteiger partial charge >= 0.3 is 16.2 Å². The quantitative estimate of drug-likeness (QED) is 0.740. The van der Waals surface area contributed by atoms with Crippen LogP contribution < -0.4 is 4.31 Å². The van der Waals surface area contributed by atoms with Crippen molar-refractivity contribution in [3.63, 3.8) is 0 Å². The summed E-state index contributed by atoms with van der Waals surface area (Å²) in [7, 11) is 0.540. The van der Waals surface area contributed by atoms with Crippen LogP contribution >= 0.6 is 0 Å². The second kappa shape index (κ2) is 6.71. The van der Waals surface area contributed by atoms with Gasteiger partial charge in [-0.05, 0) is 24.6 Å². The third kappa shape index (κ3) is 3.94. The highest BCUT2D eigenvalue weighted by atomic mass is 32.2. The molecule has 0 aliphatic heterocycles. The first kappa shape index (κ1) is 16.5. The monoisotopic (exact) mass is 300 g/mol. The number of ether oxygens (including phenoxy) is 1. The second-order valence-corrected chi connectivity index (χ2v) is 6.53. The van der Waals surface area contributed by atoms with Gasteiger partial charge in [0.15, 0.2) is 0 Å². The Bertz CT molecular complexity index is 571. The Morgan fingerprint density at radius 3 is 2.50 bits per heavy atom. The lowest BCUT2D eigenvalue weighted by atomic mass is 10.2. The van der Waals surface area contributed by atoms with Gasteiger partial charge in [-0.15, -0.1) is 0 Å². The molecule has 1 aromatic rings. The molecule has 6 nitrogen and oxygen atoms in total. The summed E-state index contributed by atoms with van der Waals surface area (Å²) in [5.41, 5.74) is 1.55. The molecule has 0 amide bonds. The minimum atomic E-state index is -3.65. The van der Waals surface area contributed by atoms with Gasteiger partial charge in [-0.2, -0.15) is 12.7 Å². The smallest absolute Gasteiger partial charge is 0.306 e. The van der Waals surface area contributed by atoms with Crippen molar-refractivity contribution in [1.29, 1.82) is 0 Å². The molecule has 0 bridgehead atoms. The largest absolute Gasteiger partial charge is 0.469 e. The molecule has 20 heavy (non-hydrogen) atoms. The molecule has 0 unspecified atom stereocenters. The average Bonchev–Trinajstić information content (AvgIpc) is 2.43. The third-order valence-electron chi connectivity index (χ3n) is 2.96. The zero-order valence-electron chi connectivity index (χ0n) is 12.2. The number of carbonyl (C=O) groups excluding carboxylic acids is 1. The molecule has 0 radical (unpaired) electrons. The molecule has 1 aromatic carbocycles. The molecule has 0 aliphatic rings. The fraction of sp³-hybridized carbons (Fsp3) is 0.462. The van der Waals surface area contributed by atoms with Crippen LogP contribution in [0, 0.1) is 6.92 Å². The maximum atomic E-state index is 12.3. The summed E-state index contributed by atoms with van der Waals surface area (Å²) in [4.78, 5) is 11.1. The predicted octanol–water partition coefficient (Wildman–Crippen LogP) is 1.17. The number of anilines is 1. The van der Waals surface area contributed by atoms with Crippen LogP contribution in [-0.4, -0.2) is 46.4 Å². The van der Waals surface area contributed by atoms with Gasteiger partial charge < -0.3 is 4.74 Å². The van der Waals surface area contributed by atoms with Gasteiger partial charge in [0.25, 0.3) is 0 Å². The second-order valence-electron chi connectivity index (χ2n) is 4.46. The zero-order chi connectivity index (χ0) is 15.3. The van der Waals surface area contributed by atoms with E-state index in [9.17, 15) is 13.2 Å². The summed E-state index contributed by atoms with van der Waals surface area (Å²) >= 11 is 0. The van der Waals surface area contributed by atoms with Gasteiger partial charge in [0, 0.05) is 20.6 Å². The highest BCUT2D eigenvalue weighted by Crippen LogP contribution is 2.19. The van der Waals surface area contributed by atoms with E-state index in [1.807, 2.05) is 13.0 Å². The van der Waals surface area contributed by atoms with E-state index >= 15 is 0 Å². The van der Waals surface area contributed by atoms with E-state index in [0.29, 0.717) is 5.69 Å². The molecule has 112 valence electrons. The number of methoxy groups -OCH3 is 1. The van der Waals surface area contributed by atoms with Crippen LogP contribution in [0.4, 0.5) is 5.69 Å². The van der Waals surface area contributed by atoms with E-state index in [0.717, 1.165) is 9.87 Å². The van der Waals surface area contributed by atoms with Gasteiger partial charge in [0.1, 0.15) is 0 Å². The number of esters is 1. The van der Waals surface area contributed by atoms with Crippen molar-refractivity contribution in [2.24, 2.45) is 0 Å². The van der Waals surface area contributed by atoms with Crippen molar-refractivity contribution in [3.8, 4) is 0 Å². The van der Waals surface area contributed by atoms with E-state index in [4.69, 9.17) is 0 Å². The van der Waals surface area contributed by atoms with E-state index in [2.05, 4.69) is 4.74 Å². The molecular formula is C13H20N2O4S. The maximum Gasteiger partial charge on any atom is 0.306 e. The first-order chi connectivity index (χ1) is 9.28. The van der Waals surface area contributed by atoms with Crippen molar-refractivity contribution < 1.29 is 17.9 Å². The summed E-state index contributed by atoms with van der Waals surface area (Å²) in [6.07, 6.45) is 0.0217. The summed E-state index contributed by atoms with van der Waals surface area (Å²) < 4.78 is 31.5. The SMILES string of the molecule is COC(=O)CCN(C)S(=O)(=O)N(C)c1cccc(C)c1. The first-order valence-corrected chi connectivity index (χ1v) is 7.52. The molecule has 0 fully saturated rings. The number of aryl methyl sites for hydroxylation is 1. The Labute approximate surface area is 120 Å². The zero-order valence-corrected chi connectivity index (χ0v) is 13.0. The number of nitrogens with zero attached hydrogens (tertiary/aromatic N) is 2. The van der Waals surface area contributed by atoms with Crippen LogP contribution in [0.5, 0.6) is 0 Å². The molecule has 0 saturated heterocycles. The van der Waals surface area contributed by atoms with Crippen molar-refractivity contribution in [1.82, 2.24) is 4.31 Å². The lowest BCUT2D eigenvalue weighted by Gasteiger charge is -2.25. The fourth-order valence-electron chi connectivity index (χ4n) is 1.63. The Kier molecular flexibility index (Phi) is 5.52. The van der Waals surface area contributed by atoms with Gasteiger partial charge in [0.05, 0.1) is 19.2 Å². The summed E-state index contributed by atoms with van der Waals surface area (Å²) in [5.74, 6) is -0.440. The van der Waals surface area contributed by atoms with E-state index in [-0.39, 0.29) is 13.0 Å². The minimum absolute atomic E-state index is 0.0217. The van der Waals surface area contributed by atoms with E-state index in [1.54, 1.807) is 18.2 Å². The summed E-state index contributed by atoms with van der Waals surface area (Å²) in [6.45, 7) is 1.97. The molecular weight excluding hydrogens is 280 g/mol. The highest BCUT2D eigenvalue weighted by molar-refractivity contribution is 7.90. The number of rotatable bonds is 6. The Morgan fingerprint density at radius 2 is 1.95 bits per heavy atom. The van der Waals surface area contributed by atoms with Crippen LogP contribution in [0.3, 0.4) is 0 Å². The number of hydrogen-bond donors (Lipinski definition) is 0. The first-order valence-electron chi connectivity index (χ1n) is 6.12.